The lowest BCUT2D eigenvalue weighted by atomic mass is 9.87. The molecular formula is C17H22N2O. The predicted molar refractivity (Wildman–Crippen MR) is 81.6 cm³/mol. The SMILES string of the molecule is CCC1OCCC1C(N)Cc1ccnc2ccccc12. The van der Waals surface area contributed by atoms with Gasteiger partial charge in [-0.3, -0.25) is 4.98 Å². The predicted octanol–water partition coefficient (Wildman–Crippen LogP) is 2.92. The van der Waals surface area contributed by atoms with E-state index in [9.17, 15) is 0 Å². The molecule has 1 aliphatic rings. The fourth-order valence-corrected chi connectivity index (χ4v) is 3.31. The second-order valence-electron chi connectivity index (χ2n) is 5.63. The maximum Gasteiger partial charge on any atom is 0.0704 e. The van der Waals surface area contributed by atoms with E-state index in [1.165, 1.54) is 10.9 Å². The summed E-state index contributed by atoms with van der Waals surface area (Å²) < 4.78 is 5.77. The van der Waals surface area contributed by atoms with Crippen LogP contribution in [0.1, 0.15) is 25.3 Å². The minimum atomic E-state index is 0.160. The molecule has 0 spiro atoms. The number of fused-ring (bicyclic) bond motifs is 1. The van der Waals surface area contributed by atoms with Crippen molar-refractivity contribution in [2.45, 2.75) is 38.3 Å². The molecule has 2 heterocycles. The molecule has 1 aliphatic heterocycles. The zero-order valence-electron chi connectivity index (χ0n) is 12.0. The number of pyridine rings is 1. The summed E-state index contributed by atoms with van der Waals surface area (Å²) in [6.45, 7) is 3.03. The van der Waals surface area contributed by atoms with E-state index in [0.717, 1.165) is 31.4 Å². The van der Waals surface area contributed by atoms with Gasteiger partial charge in [0.05, 0.1) is 11.6 Å². The van der Waals surface area contributed by atoms with E-state index in [4.69, 9.17) is 10.5 Å². The van der Waals surface area contributed by atoms with E-state index < -0.39 is 0 Å². The summed E-state index contributed by atoms with van der Waals surface area (Å²) in [5.41, 5.74) is 8.81. The third kappa shape index (κ3) is 2.56. The van der Waals surface area contributed by atoms with Crippen LogP contribution in [0.3, 0.4) is 0 Å². The van der Waals surface area contributed by atoms with E-state index in [0.29, 0.717) is 12.0 Å². The van der Waals surface area contributed by atoms with Crippen LogP contribution in [-0.4, -0.2) is 23.7 Å². The van der Waals surface area contributed by atoms with Gasteiger partial charge in [-0.05, 0) is 37.0 Å². The average Bonchev–Trinajstić information content (AvgIpc) is 2.96. The number of hydrogen-bond acceptors (Lipinski definition) is 3. The number of ether oxygens (including phenoxy) is 1. The highest BCUT2D eigenvalue weighted by molar-refractivity contribution is 5.81. The van der Waals surface area contributed by atoms with Gasteiger partial charge in [-0.2, -0.15) is 0 Å². The Morgan fingerprint density at radius 1 is 1.35 bits per heavy atom. The average molecular weight is 270 g/mol. The fourth-order valence-electron chi connectivity index (χ4n) is 3.31. The van der Waals surface area contributed by atoms with E-state index in [2.05, 4.69) is 36.2 Å². The lowest BCUT2D eigenvalue weighted by Gasteiger charge is -2.24. The molecule has 2 aromatic rings. The van der Waals surface area contributed by atoms with Crippen LogP contribution >= 0.6 is 0 Å². The second-order valence-corrected chi connectivity index (χ2v) is 5.63. The molecule has 1 saturated heterocycles. The highest BCUT2D eigenvalue weighted by atomic mass is 16.5. The van der Waals surface area contributed by atoms with Crippen molar-refractivity contribution in [1.82, 2.24) is 4.98 Å². The lowest BCUT2D eigenvalue weighted by Crippen LogP contribution is -2.37. The van der Waals surface area contributed by atoms with Crippen molar-refractivity contribution in [1.29, 1.82) is 0 Å². The quantitative estimate of drug-likeness (QED) is 0.929. The minimum Gasteiger partial charge on any atom is -0.378 e. The van der Waals surface area contributed by atoms with Gasteiger partial charge in [-0.25, -0.2) is 0 Å². The van der Waals surface area contributed by atoms with Crippen LogP contribution < -0.4 is 5.73 Å². The van der Waals surface area contributed by atoms with Gasteiger partial charge >= 0.3 is 0 Å². The van der Waals surface area contributed by atoms with Gasteiger partial charge in [0, 0.05) is 30.1 Å². The largest absolute Gasteiger partial charge is 0.378 e. The highest BCUT2D eigenvalue weighted by Crippen LogP contribution is 2.28. The number of nitrogens with zero attached hydrogens (tertiary/aromatic N) is 1. The van der Waals surface area contributed by atoms with Crippen LogP contribution in [0.2, 0.25) is 0 Å². The summed E-state index contributed by atoms with van der Waals surface area (Å²) in [5.74, 6) is 0.479. The molecule has 0 radical (unpaired) electrons. The first kappa shape index (κ1) is 13.5. The zero-order valence-corrected chi connectivity index (χ0v) is 12.0. The van der Waals surface area contributed by atoms with Crippen LogP contribution in [0.15, 0.2) is 36.5 Å². The summed E-state index contributed by atoms with van der Waals surface area (Å²) in [4.78, 5) is 4.41. The van der Waals surface area contributed by atoms with Gasteiger partial charge < -0.3 is 10.5 Å². The third-order valence-corrected chi connectivity index (χ3v) is 4.41. The van der Waals surface area contributed by atoms with Gasteiger partial charge in [0.1, 0.15) is 0 Å². The first-order valence-electron chi connectivity index (χ1n) is 7.49. The molecule has 3 nitrogen and oxygen atoms in total. The summed E-state index contributed by atoms with van der Waals surface area (Å²) in [5, 5.41) is 1.22. The van der Waals surface area contributed by atoms with Crippen molar-refractivity contribution in [3.8, 4) is 0 Å². The Morgan fingerprint density at radius 2 is 2.20 bits per heavy atom. The van der Waals surface area contributed by atoms with Gasteiger partial charge in [0.2, 0.25) is 0 Å². The van der Waals surface area contributed by atoms with E-state index in [1.807, 2.05) is 12.3 Å². The molecule has 3 heteroatoms. The van der Waals surface area contributed by atoms with Crippen molar-refractivity contribution in [2.24, 2.45) is 11.7 Å². The number of aromatic nitrogens is 1. The van der Waals surface area contributed by atoms with Crippen molar-refractivity contribution >= 4 is 10.9 Å². The Labute approximate surface area is 120 Å². The first-order valence-corrected chi connectivity index (χ1v) is 7.49. The molecule has 0 bridgehead atoms. The molecule has 1 aromatic carbocycles. The summed E-state index contributed by atoms with van der Waals surface area (Å²) in [6.07, 6.45) is 5.25. The van der Waals surface area contributed by atoms with E-state index >= 15 is 0 Å². The van der Waals surface area contributed by atoms with E-state index in [-0.39, 0.29) is 6.04 Å². The van der Waals surface area contributed by atoms with Crippen LogP contribution in [0.25, 0.3) is 10.9 Å². The molecule has 2 N–H and O–H groups in total. The van der Waals surface area contributed by atoms with E-state index in [1.54, 1.807) is 0 Å². The number of hydrogen-bond donors (Lipinski definition) is 1. The van der Waals surface area contributed by atoms with Crippen LogP contribution in [-0.2, 0) is 11.2 Å². The lowest BCUT2D eigenvalue weighted by molar-refractivity contribution is 0.0814. The van der Waals surface area contributed by atoms with Crippen molar-refractivity contribution in [2.75, 3.05) is 6.61 Å². The van der Waals surface area contributed by atoms with Crippen molar-refractivity contribution in [3.05, 3.63) is 42.1 Å². The molecule has 1 aromatic heterocycles. The van der Waals surface area contributed by atoms with Gasteiger partial charge in [0.15, 0.2) is 0 Å². The normalized spacial score (nSPS) is 24.1. The zero-order chi connectivity index (χ0) is 13.9. The number of benzene rings is 1. The third-order valence-electron chi connectivity index (χ3n) is 4.41. The molecule has 1 fully saturated rings. The topological polar surface area (TPSA) is 48.1 Å². The maximum atomic E-state index is 6.47. The first-order chi connectivity index (χ1) is 9.79. The second kappa shape index (κ2) is 5.90. The monoisotopic (exact) mass is 270 g/mol. The Kier molecular flexibility index (Phi) is 3.99. The molecular weight excluding hydrogens is 248 g/mol. The van der Waals surface area contributed by atoms with Crippen LogP contribution in [0.5, 0.6) is 0 Å². The Morgan fingerprint density at radius 3 is 3.05 bits per heavy atom. The Balaban J connectivity index is 1.82. The van der Waals surface area contributed by atoms with Gasteiger partial charge in [-0.15, -0.1) is 0 Å². The standard InChI is InChI=1S/C17H22N2O/c1-2-17-14(8-10-20-17)15(18)11-12-7-9-19-16-6-4-3-5-13(12)16/h3-7,9,14-15,17H,2,8,10-11,18H2,1H3. The number of rotatable bonds is 4. The molecule has 3 atom stereocenters. The molecule has 3 unspecified atom stereocenters. The molecule has 0 saturated carbocycles. The smallest absolute Gasteiger partial charge is 0.0704 e. The number of para-hydroxylation sites is 1. The number of nitrogens with two attached hydrogens (primary N) is 1. The van der Waals surface area contributed by atoms with Gasteiger partial charge in [0.25, 0.3) is 0 Å². The molecule has 3 rings (SSSR count). The summed E-state index contributed by atoms with van der Waals surface area (Å²) >= 11 is 0. The molecule has 0 amide bonds. The Hall–Kier alpha value is -1.45. The maximum absolute atomic E-state index is 6.47. The van der Waals surface area contributed by atoms with Crippen LogP contribution in [0, 0.1) is 5.92 Å². The van der Waals surface area contributed by atoms with Gasteiger partial charge in [-0.1, -0.05) is 25.1 Å². The fraction of sp³-hybridized carbons (Fsp3) is 0.471. The summed E-state index contributed by atoms with van der Waals surface area (Å²) in [6, 6.07) is 10.5. The minimum absolute atomic E-state index is 0.160. The van der Waals surface area contributed by atoms with Crippen molar-refractivity contribution < 1.29 is 4.74 Å². The molecule has 20 heavy (non-hydrogen) atoms. The molecule has 0 aliphatic carbocycles. The molecule has 106 valence electrons. The Bertz CT molecular complexity index is 579. The van der Waals surface area contributed by atoms with Crippen molar-refractivity contribution in [3.63, 3.8) is 0 Å². The summed E-state index contributed by atoms with van der Waals surface area (Å²) in [7, 11) is 0. The highest BCUT2D eigenvalue weighted by Gasteiger charge is 2.31. The van der Waals surface area contributed by atoms with Crippen LogP contribution in [0.4, 0.5) is 0 Å².